The molecule has 1 aliphatic heterocycles. The molecule has 3 heteroatoms. The molecule has 0 saturated carbocycles. The zero-order valence-electron chi connectivity index (χ0n) is 10.2. The molecule has 1 heterocycles. The number of rotatable bonds is 2. The Balaban J connectivity index is 2.24. The molecule has 0 aromatic heterocycles. The Morgan fingerprint density at radius 1 is 1.56 bits per heavy atom. The standard InChI is InChI=1S/C13H19NO2/c1-5-6-11-14(4)12(15)9-7-13(2,3)8-10(9)16-11/h5,11H,1,6-8H2,2-4H3. The van der Waals surface area contributed by atoms with E-state index >= 15 is 0 Å². The minimum atomic E-state index is -0.169. The largest absolute Gasteiger partial charge is 0.474 e. The third kappa shape index (κ3) is 1.75. The second-order valence-electron chi connectivity index (χ2n) is 5.43. The van der Waals surface area contributed by atoms with Gasteiger partial charge in [0.15, 0.2) is 6.23 Å². The number of hydrogen-bond donors (Lipinski definition) is 0. The number of carbonyl (C=O) groups is 1. The summed E-state index contributed by atoms with van der Waals surface area (Å²) in [6.07, 6.45) is 4.00. The quantitative estimate of drug-likeness (QED) is 0.670. The van der Waals surface area contributed by atoms with Gasteiger partial charge in [0.05, 0.1) is 5.57 Å². The Morgan fingerprint density at radius 2 is 2.25 bits per heavy atom. The minimum Gasteiger partial charge on any atom is -0.474 e. The lowest BCUT2D eigenvalue weighted by Gasteiger charge is -2.33. The maximum absolute atomic E-state index is 12.1. The molecule has 0 radical (unpaired) electrons. The molecular weight excluding hydrogens is 202 g/mol. The lowest BCUT2D eigenvalue weighted by molar-refractivity contribution is -0.140. The van der Waals surface area contributed by atoms with Crippen LogP contribution in [-0.4, -0.2) is 24.1 Å². The fourth-order valence-electron chi connectivity index (χ4n) is 2.42. The first-order chi connectivity index (χ1) is 7.44. The summed E-state index contributed by atoms with van der Waals surface area (Å²) < 4.78 is 5.88. The summed E-state index contributed by atoms with van der Waals surface area (Å²) in [6.45, 7) is 8.04. The summed E-state index contributed by atoms with van der Waals surface area (Å²) in [5.74, 6) is 1.03. The Kier molecular flexibility index (Phi) is 2.56. The average Bonchev–Trinajstić information content (AvgIpc) is 2.50. The molecule has 0 spiro atoms. The highest BCUT2D eigenvalue weighted by Crippen LogP contribution is 2.45. The maximum Gasteiger partial charge on any atom is 0.255 e. The van der Waals surface area contributed by atoms with Crippen LogP contribution in [-0.2, 0) is 9.53 Å². The molecule has 0 aromatic carbocycles. The molecule has 1 aliphatic carbocycles. The van der Waals surface area contributed by atoms with Crippen LogP contribution in [0.5, 0.6) is 0 Å². The van der Waals surface area contributed by atoms with Gasteiger partial charge in [0.2, 0.25) is 0 Å². The molecule has 3 nitrogen and oxygen atoms in total. The number of nitrogens with zero attached hydrogens (tertiary/aromatic N) is 1. The molecule has 0 aromatic rings. The van der Waals surface area contributed by atoms with Crippen molar-refractivity contribution in [2.45, 2.75) is 39.3 Å². The highest BCUT2D eigenvalue weighted by Gasteiger charge is 2.41. The van der Waals surface area contributed by atoms with Crippen LogP contribution in [0.4, 0.5) is 0 Å². The predicted octanol–water partition coefficient (Wildman–Crippen LogP) is 2.45. The van der Waals surface area contributed by atoms with Crippen LogP contribution in [0.2, 0.25) is 0 Å². The average molecular weight is 221 g/mol. The van der Waals surface area contributed by atoms with Crippen LogP contribution in [0.3, 0.4) is 0 Å². The predicted molar refractivity (Wildman–Crippen MR) is 62.5 cm³/mol. The van der Waals surface area contributed by atoms with Crippen molar-refractivity contribution in [2.24, 2.45) is 5.41 Å². The number of amides is 1. The van der Waals surface area contributed by atoms with Gasteiger partial charge in [-0.05, 0) is 11.8 Å². The summed E-state index contributed by atoms with van der Waals surface area (Å²) in [7, 11) is 1.80. The molecule has 0 bridgehead atoms. The van der Waals surface area contributed by atoms with Crippen LogP contribution in [0.1, 0.15) is 33.1 Å². The number of carbonyl (C=O) groups excluding carboxylic acids is 1. The van der Waals surface area contributed by atoms with Crippen molar-refractivity contribution in [3.8, 4) is 0 Å². The van der Waals surface area contributed by atoms with E-state index in [1.807, 2.05) is 0 Å². The van der Waals surface area contributed by atoms with Gasteiger partial charge in [0, 0.05) is 19.9 Å². The van der Waals surface area contributed by atoms with Crippen molar-refractivity contribution in [2.75, 3.05) is 7.05 Å². The number of hydrogen-bond acceptors (Lipinski definition) is 2. The maximum atomic E-state index is 12.1. The van der Waals surface area contributed by atoms with Crippen LogP contribution < -0.4 is 0 Å². The molecular formula is C13H19NO2. The van der Waals surface area contributed by atoms with Crippen molar-refractivity contribution in [3.05, 3.63) is 24.0 Å². The molecule has 16 heavy (non-hydrogen) atoms. The van der Waals surface area contributed by atoms with Crippen molar-refractivity contribution in [1.82, 2.24) is 4.90 Å². The van der Waals surface area contributed by atoms with Crippen LogP contribution in [0.25, 0.3) is 0 Å². The summed E-state index contributed by atoms with van der Waals surface area (Å²) >= 11 is 0. The van der Waals surface area contributed by atoms with E-state index in [9.17, 15) is 4.79 Å². The van der Waals surface area contributed by atoms with Gasteiger partial charge in [-0.2, -0.15) is 0 Å². The van der Waals surface area contributed by atoms with Gasteiger partial charge < -0.3 is 9.64 Å². The molecule has 88 valence electrons. The first kappa shape index (κ1) is 11.2. The Morgan fingerprint density at radius 3 is 2.88 bits per heavy atom. The lowest BCUT2D eigenvalue weighted by Crippen LogP contribution is -2.42. The fraction of sp³-hybridized carbons (Fsp3) is 0.615. The van der Waals surface area contributed by atoms with Gasteiger partial charge in [-0.15, -0.1) is 6.58 Å². The van der Waals surface area contributed by atoms with Crippen LogP contribution >= 0.6 is 0 Å². The van der Waals surface area contributed by atoms with Gasteiger partial charge >= 0.3 is 0 Å². The zero-order chi connectivity index (χ0) is 11.9. The zero-order valence-corrected chi connectivity index (χ0v) is 10.2. The molecule has 2 aliphatic rings. The van der Waals surface area contributed by atoms with Gasteiger partial charge in [0.25, 0.3) is 5.91 Å². The Labute approximate surface area is 96.8 Å². The molecule has 1 unspecified atom stereocenters. The highest BCUT2D eigenvalue weighted by atomic mass is 16.5. The van der Waals surface area contributed by atoms with Crippen LogP contribution in [0.15, 0.2) is 24.0 Å². The lowest BCUT2D eigenvalue weighted by atomic mass is 9.89. The van der Waals surface area contributed by atoms with E-state index in [2.05, 4.69) is 20.4 Å². The van der Waals surface area contributed by atoms with Crippen molar-refractivity contribution in [1.29, 1.82) is 0 Å². The Hall–Kier alpha value is -1.25. The highest BCUT2D eigenvalue weighted by molar-refractivity contribution is 5.95. The van der Waals surface area contributed by atoms with Crippen molar-refractivity contribution >= 4 is 5.91 Å². The van der Waals surface area contributed by atoms with E-state index < -0.39 is 0 Å². The van der Waals surface area contributed by atoms with Gasteiger partial charge in [-0.1, -0.05) is 19.9 Å². The molecule has 1 amide bonds. The monoisotopic (exact) mass is 221 g/mol. The number of ether oxygens (including phenoxy) is 1. The summed E-state index contributed by atoms with van der Waals surface area (Å²) in [5, 5.41) is 0. The second kappa shape index (κ2) is 3.65. The fourth-order valence-corrected chi connectivity index (χ4v) is 2.42. The van der Waals surface area contributed by atoms with Crippen LogP contribution in [0, 0.1) is 5.41 Å². The normalized spacial score (nSPS) is 27.8. The number of likely N-dealkylation sites (N-methyl/N-ethyl adjacent to an activating group) is 1. The topological polar surface area (TPSA) is 29.5 Å². The summed E-state index contributed by atoms with van der Waals surface area (Å²) in [6, 6.07) is 0. The van der Waals surface area contributed by atoms with Gasteiger partial charge in [0.1, 0.15) is 5.76 Å². The first-order valence-corrected chi connectivity index (χ1v) is 5.71. The van der Waals surface area contributed by atoms with E-state index in [-0.39, 0.29) is 17.6 Å². The third-order valence-electron chi connectivity index (χ3n) is 3.29. The number of allylic oxidation sites excluding steroid dienone is 1. The van der Waals surface area contributed by atoms with Crippen molar-refractivity contribution in [3.63, 3.8) is 0 Å². The Bertz CT molecular complexity index is 368. The summed E-state index contributed by atoms with van der Waals surface area (Å²) in [4.78, 5) is 13.8. The van der Waals surface area contributed by atoms with E-state index in [0.717, 1.165) is 24.2 Å². The molecule has 0 N–H and O–H groups in total. The molecule has 2 rings (SSSR count). The molecule has 1 atom stereocenters. The van der Waals surface area contributed by atoms with E-state index in [1.54, 1.807) is 18.0 Å². The second-order valence-corrected chi connectivity index (χ2v) is 5.43. The van der Waals surface area contributed by atoms with Crippen molar-refractivity contribution < 1.29 is 9.53 Å². The third-order valence-corrected chi connectivity index (χ3v) is 3.29. The smallest absolute Gasteiger partial charge is 0.255 e. The van der Waals surface area contributed by atoms with E-state index in [4.69, 9.17) is 4.74 Å². The SMILES string of the molecule is C=CCC1OC2=C(CC(C)(C)C2)C(=O)N1C. The first-order valence-electron chi connectivity index (χ1n) is 5.71. The molecule has 0 fully saturated rings. The molecule has 0 saturated heterocycles. The van der Waals surface area contributed by atoms with Gasteiger partial charge in [-0.25, -0.2) is 0 Å². The van der Waals surface area contributed by atoms with Gasteiger partial charge in [-0.3, -0.25) is 4.79 Å². The summed E-state index contributed by atoms with van der Waals surface area (Å²) in [5.41, 5.74) is 1.03. The van der Waals surface area contributed by atoms with E-state index in [1.165, 1.54) is 0 Å². The van der Waals surface area contributed by atoms with E-state index in [0.29, 0.717) is 6.42 Å². The minimum absolute atomic E-state index is 0.124.